The summed E-state index contributed by atoms with van der Waals surface area (Å²) in [6.45, 7) is 2.05. The lowest BCUT2D eigenvalue weighted by Crippen LogP contribution is -1.89. The topological polar surface area (TPSA) is 58.0 Å². The largest absolute Gasteiger partial charge is 0.496 e. The van der Waals surface area contributed by atoms with Gasteiger partial charge in [0.15, 0.2) is 0 Å². The molecule has 0 bridgehead atoms. The van der Waals surface area contributed by atoms with Crippen molar-refractivity contribution in [1.82, 2.24) is 0 Å². The van der Waals surface area contributed by atoms with Gasteiger partial charge in [-0.05, 0) is 23.6 Å². The van der Waals surface area contributed by atoms with Crippen LogP contribution in [0.2, 0.25) is 0 Å². The zero-order valence-corrected chi connectivity index (χ0v) is 7.69. The van der Waals surface area contributed by atoms with Gasteiger partial charge in [0.2, 0.25) is 0 Å². The molecule has 4 heteroatoms. The highest BCUT2D eigenvalue weighted by atomic mass is 16.5. The fraction of sp³-hybridized carbons (Fsp3) is 0.333. The summed E-state index contributed by atoms with van der Waals surface area (Å²) in [6.07, 6.45) is 0.903. The van der Waals surface area contributed by atoms with Gasteiger partial charge in [0.05, 0.1) is 7.11 Å². The van der Waals surface area contributed by atoms with E-state index in [0.29, 0.717) is 5.69 Å². The lowest BCUT2D eigenvalue weighted by atomic mass is 10.1. The van der Waals surface area contributed by atoms with Crippen molar-refractivity contribution in [3.63, 3.8) is 0 Å². The van der Waals surface area contributed by atoms with Crippen molar-refractivity contribution >= 4 is 5.69 Å². The van der Waals surface area contributed by atoms with Crippen LogP contribution in [0.25, 0.3) is 10.4 Å². The van der Waals surface area contributed by atoms with E-state index in [4.69, 9.17) is 10.3 Å². The average molecular weight is 177 g/mol. The Morgan fingerprint density at radius 2 is 2.31 bits per heavy atom. The summed E-state index contributed by atoms with van der Waals surface area (Å²) in [4.78, 5) is 2.71. The van der Waals surface area contributed by atoms with Crippen molar-refractivity contribution in [2.24, 2.45) is 5.11 Å². The van der Waals surface area contributed by atoms with E-state index in [-0.39, 0.29) is 0 Å². The van der Waals surface area contributed by atoms with Gasteiger partial charge < -0.3 is 4.74 Å². The molecule has 0 aliphatic heterocycles. The van der Waals surface area contributed by atoms with Crippen molar-refractivity contribution in [3.05, 3.63) is 34.2 Å². The molecular weight excluding hydrogens is 166 g/mol. The molecular formula is C9H11N3O. The second-order valence-corrected chi connectivity index (χ2v) is 2.54. The average Bonchev–Trinajstić information content (AvgIpc) is 2.18. The summed E-state index contributed by atoms with van der Waals surface area (Å²) in [7, 11) is 1.61. The third kappa shape index (κ3) is 2.13. The van der Waals surface area contributed by atoms with Crippen molar-refractivity contribution in [1.29, 1.82) is 0 Å². The maximum atomic E-state index is 8.23. The summed E-state index contributed by atoms with van der Waals surface area (Å²) in [5.41, 5.74) is 9.92. The van der Waals surface area contributed by atoms with Crippen LogP contribution in [-0.4, -0.2) is 7.11 Å². The summed E-state index contributed by atoms with van der Waals surface area (Å²) in [6, 6.07) is 5.42. The molecule has 0 amide bonds. The van der Waals surface area contributed by atoms with E-state index < -0.39 is 0 Å². The van der Waals surface area contributed by atoms with Gasteiger partial charge in [0.25, 0.3) is 0 Å². The van der Waals surface area contributed by atoms with Crippen LogP contribution in [-0.2, 0) is 6.42 Å². The monoisotopic (exact) mass is 177 g/mol. The first-order valence-electron chi connectivity index (χ1n) is 4.03. The molecule has 1 aromatic rings. The summed E-state index contributed by atoms with van der Waals surface area (Å²) < 4.78 is 5.14. The van der Waals surface area contributed by atoms with Crippen LogP contribution < -0.4 is 4.74 Å². The second-order valence-electron chi connectivity index (χ2n) is 2.54. The molecule has 0 aromatic heterocycles. The number of hydrogen-bond donors (Lipinski definition) is 0. The smallest absolute Gasteiger partial charge is 0.122 e. The molecule has 13 heavy (non-hydrogen) atoms. The second kappa shape index (κ2) is 4.38. The van der Waals surface area contributed by atoms with E-state index >= 15 is 0 Å². The van der Waals surface area contributed by atoms with Crippen LogP contribution in [0.3, 0.4) is 0 Å². The number of rotatable bonds is 3. The van der Waals surface area contributed by atoms with Crippen molar-refractivity contribution in [2.75, 3.05) is 7.11 Å². The number of azide groups is 1. The van der Waals surface area contributed by atoms with E-state index in [1.807, 2.05) is 13.0 Å². The molecule has 0 saturated heterocycles. The molecule has 0 aliphatic rings. The number of methoxy groups -OCH3 is 1. The summed E-state index contributed by atoms with van der Waals surface area (Å²) in [5.74, 6) is 0.771. The number of benzene rings is 1. The number of hydrogen-bond acceptors (Lipinski definition) is 2. The molecule has 4 nitrogen and oxygen atoms in total. The first-order chi connectivity index (χ1) is 6.31. The van der Waals surface area contributed by atoms with Gasteiger partial charge in [0.1, 0.15) is 5.75 Å². The lowest BCUT2D eigenvalue weighted by Gasteiger charge is -2.06. The zero-order valence-electron chi connectivity index (χ0n) is 7.69. The minimum absolute atomic E-state index is 0.580. The quantitative estimate of drug-likeness (QED) is 0.397. The Morgan fingerprint density at radius 1 is 1.54 bits per heavy atom. The fourth-order valence-electron chi connectivity index (χ4n) is 1.14. The molecule has 0 fully saturated rings. The highest BCUT2D eigenvalue weighted by Crippen LogP contribution is 2.25. The third-order valence-electron chi connectivity index (χ3n) is 1.81. The van der Waals surface area contributed by atoms with Gasteiger partial charge in [-0.25, -0.2) is 0 Å². The molecule has 0 aliphatic carbocycles. The van der Waals surface area contributed by atoms with Crippen LogP contribution in [0.5, 0.6) is 5.75 Å². The highest BCUT2D eigenvalue weighted by molar-refractivity contribution is 5.47. The molecule has 0 saturated carbocycles. The predicted octanol–water partition coefficient (Wildman–Crippen LogP) is 3.20. The van der Waals surface area contributed by atoms with Crippen molar-refractivity contribution in [2.45, 2.75) is 13.3 Å². The molecule has 0 atom stereocenters. The van der Waals surface area contributed by atoms with Crippen LogP contribution >= 0.6 is 0 Å². The minimum atomic E-state index is 0.580. The maximum absolute atomic E-state index is 8.23. The van der Waals surface area contributed by atoms with E-state index in [9.17, 15) is 0 Å². The molecule has 1 aromatic carbocycles. The fourth-order valence-corrected chi connectivity index (χ4v) is 1.14. The van der Waals surface area contributed by atoms with Crippen LogP contribution in [0.1, 0.15) is 12.5 Å². The van der Waals surface area contributed by atoms with Crippen molar-refractivity contribution in [3.8, 4) is 5.75 Å². The Morgan fingerprint density at radius 3 is 2.85 bits per heavy atom. The van der Waals surface area contributed by atoms with E-state index in [1.54, 1.807) is 19.2 Å². The van der Waals surface area contributed by atoms with Crippen LogP contribution in [0, 0.1) is 0 Å². The Balaban J connectivity index is 3.12. The number of aryl methyl sites for hydroxylation is 1. The molecule has 0 heterocycles. The molecule has 1 rings (SSSR count). The van der Waals surface area contributed by atoms with Gasteiger partial charge >= 0.3 is 0 Å². The minimum Gasteiger partial charge on any atom is -0.496 e. The van der Waals surface area contributed by atoms with Gasteiger partial charge in [-0.1, -0.05) is 24.2 Å². The summed E-state index contributed by atoms with van der Waals surface area (Å²) in [5, 5.41) is 3.49. The lowest BCUT2D eigenvalue weighted by molar-refractivity contribution is 0.410. The predicted molar refractivity (Wildman–Crippen MR) is 51.2 cm³/mol. The van der Waals surface area contributed by atoms with E-state index in [1.165, 1.54) is 0 Å². The van der Waals surface area contributed by atoms with Crippen LogP contribution in [0.4, 0.5) is 5.69 Å². The van der Waals surface area contributed by atoms with Gasteiger partial charge in [-0.15, -0.1) is 0 Å². The van der Waals surface area contributed by atoms with E-state index in [2.05, 4.69) is 10.0 Å². The Bertz CT molecular complexity index is 343. The zero-order chi connectivity index (χ0) is 9.68. The Hall–Kier alpha value is -1.67. The molecule has 68 valence electrons. The van der Waals surface area contributed by atoms with Gasteiger partial charge in [-0.3, -0.25) is 0 Å². The summed E-state index contributed by atoms with van der Waals surface area (Å²) >= 11 is 0. The Kier molecular flexibility index (Phi) is 3.17. The molecule has 0 spiro atoms. The normalized spacial score (nSPS) is 9.08. The van der Waals surface area contributed by atoms with Gasteiger partial charge in [-0.2, -0.15) is 0 Å². The van der Waals surface area contributed by atoms with Gasteiger partial charge in [0, 0.05) is 10.6 Å². The first-order valence-corrected chi connectivity index (χ1v) is 4.03. The molecule has 0 radical (unpaired) electrons. The third-order valence-corrected chi connectivity index (χ3v) is 1.81. The van der Waals surface area contributed by atoms with E-state index in [0.717, 1.165) is 17.7 Å². The molecule has 0 unspecified atom stereocenters. The number of ether oxygens (including phenoxy) is 1. The standard InChI is InChI=1S/C9H11N3O/c1-3-7-4-5-8(11-12-10)6-9(7)13-2/h4-6H,3H2,1-2H3. The SMILES string of the molecule is CCc1ccc(N=[N+]=[N-])cc1OC. The Labute approximate surface area is 76.8 Å². The maximum Gasteiger partial charge on any atom is 0.122 e. The van der Waals surface area contributed by atoms with Crippen molar-refractivity contribution < 1.29 is 4.74 Å². The highest BCUT2D eigenvalue weighted by Gasteiger charge is 2.00. The number of nitrogens with zero attached hydrogens (tertiary/aromatic N) is 3. The van der Waals surface area contributed by atoms with Crippen LogP contribution in [0.15, 0.2) is 23.3 Å². The first kappa shape index (κ1) is 9.42. The molecule has 0 N–H and O–H groups in total.